The molecule has 0 saturated heterocycles. The van der Waals surface area contributed by atoms with Crippen LogP contribution in [-0.2, 0) is 9.53 Å². The van der Waals surface area contributed by atoms with E-state index in [1.54, 1.807) is 19.9 Å². The Hall–Kier alpha value is -1.81. The lowest BCUT2D eigenvalue weighted by Crippen LogP contribution is -2.13. The van der Waals surface area contributed by atoms with Crippen LogP contribution in [0.4, 0.5) is 0 Å². The second-order valence-corrected chi connectivity index (χ2v) is 3.89. The molecule has 4 nitrogen and oxygen atoms in total. The zero-order valence-corrected chi connectivity index (χ0v) is 10.6. The van der Waals surface area contributed by atoms with E-state index in [1.165, 1.54) is 0 Å². The van der Waals surface area contributed by atoms with Gasteiger partial charge >= 0.3 is 5.97 Å². The van der Waals surface area contributed by atoms with Gasteiger partial charge in [-0.2, -0.15) is 0 Å². The fourth-order valence-corrected chi connectivity index (χ4v) is 1.38. The van der Waals surface area contributed by atoms with Crippen molar-refractivity contribution in [3.05, 3.63) is 42.0 Å². The Labute approximate surface area is 107 Å². The summed E-state index contributed by atoms with van der Waals surface area (Å²) < 4.78 is 10.9. The minimum absolute atomic E-state index is 0.236. The van der Waals surface area contributed by atoms with Gasteiger partial charge in [0, 0.05) is 5.57 Å². The van der Waals surface area contributed by atoms with Gasteiger partial charge in [0.25, 0.3) is 0 Å². The van der Waals surface area contributed by atoms with Crippen molar-refractivity contribution in [1.29, 1.82) is 0 Å². The Morgan fingerprint density at radius 3 is 2.61 bits per heavy atom. The lowest BCUT2D eigenvalue weighted by Gasteiger charge is -2.10. The average molecular weight is 250 g/mol. The molecule has 0 radical (unpaired) electrons. The van der Waals surface area contributed by atoms with Gasteiger partial charge in [-0.05, 0) is 32.1 Å². The van der Waals surface area contributed by atoms with Crippen LogP contribution < -0.4 is 4.74 Å². The molecule has 0 aliphatic heterocycles. The second kappa shape index (κ2) is 7.50. The molecule has 0 aromatic heterocycles. The molecule has 1 atom stereocenters. The summed E-state index contributed by atoms with van der Waals surface area (Å²) in [5, 5.41) is 8.70. The summed E-state index contributed by atoms with van der Waals surface area (Å²) in [6.07, 6.45) is 1.34. The van der Waals surface area contributed by atoms with E-state index in [0.717, 1.165) is 5.75 Å². The number of rotatable bonds is 7. The number of carboxylic acids is 1. The highest BCUT2D eigenvalue weighted by Gasteiger charge is 2.04. The van der Waals surface area contributed by atoms with Crippen LogP contribution in [0.1, 0.15) is 13.8 Å². The molecule has 1 unspecified atom stereocenters. The lowest BCUT2D eigenvalue weighted by atomic mass is 10.2. The fourth-order valence-electron chi connectivity index (χ4n) is 1.38. The molecule has 1 aromatic rings. The average Bonchev–Trinajstić information content (AvgIpc) is 2.35. The first-order chi connectivity index (χ1) is 8.59. The quantitative estimate of drug-likeness (QED) is 0.596. The molecule has 0 saturated carbocycles. The number of carbonyl (C=O) groups is 1. The predicted molar refractivity (Wildman–Crippen MR) is 68.7 cm³/mol. The van der Waals surface area contributed by atoms with Gasteiger partial charge in [0.2, 0.25) is 0 Å². The Morgan fingerprint density at radius 2 is 2.00 bits per heavy atom. The van der Waals surface area contributed by atoms with E-state index >= 15 is 0 Å². The molecule has 0 spiro atoms. The van der Waals surface area contributed by atoms with Gasteiger partial charge in [-0.1, -0.05) is 18.2 Å². The first kappa shape index (κ1) is 14.3. The van der Waals surface area contributed by atoms with Gasteiger partial charge in [-0.25, -0.2) is 4.79 Å². The maximum atomic E-state index is 10.6. The summed E-state index contributed by atoms with van der Waals surface area (Å²) >= 11 is 0. The molecule has 0 aliphatic carbocycles. The molecule has 4 heteroatoms. The molecule has 0 amide bonds. The number of para-hydroxylation sites is 1. The number of benzene rings is 1. The second-order valence-electron chi connectivity index (χ2n) is 3.89. The van der Waals surface area contributed by atoms with E-state index in [9.17, 15) is 4.79 Å². The third-order valence-electron chi connectivity index (χ3n) is 2.30. The summed E-state index contributed by atoms with van der Waals surface area (Å²) in [7, 11) is 0. The molecule has 98 valence electrons. The van der Waals surface area contributed by atoms with E-state index in [-0.39, 0.29) is 11.7 Å². The van der Waals surface area contributed by atoms with Gasteiger partial charge < -0.3 is 14.6 Å². The number of ether oxygens (including phenoxy) is 2. The van der Waals surface area contributed by atoms with Crippen LogP contribution in [0.15, 0.2) is 42.0 Å². The lowest BCUT2D eigenvalue weighted by molar-refractivity contribution is -0.132. The topological polar surface area (TPSA) is 55.8 Å². The zero-order chi connectivity index (χ0) is 13.4. The molecule has 0 aliphatic rings. The summed E-state index contributed by atoms with van der Waals surface area (Å²) in [6, 6.07) is 9.47. The first-order valence-corrected chi connectivity index (χ1v) is 5.80. The minimum Gasteiger partial charge on any atom is -0.491 e. The highest BCUT2D eigenvalue weighted by atomic mass is 16.5. The number of carboxylic acid groups (broad SMARTS) is 1. The largest absolute Gasteiger partial charge is 0.491 e. The summed E-state index contributed by atoms with van der Waals surface area (Å²) in [5.41, 5.74) is 0.284. The molecule has 0 heterocycles. The van der Waals surface area contributed by atoms with E-state index < -0.39 is 5.97 Å². The number of hydrogen-bond donors (Lipinski definition) is 1. The summed E-state index contributed by atoms with van der Waals surface area (Å²) in [5.74, 6) is -0.128. The first-order valence-electron chi connectivity index (χ1n) is 5.80. The van der Waals surface area contributed by atoms with Crippen molar-refractivity contribution >= 4 is 5.97 Å². The highest BCUT2D eigenvalue weighted by Crippen LogP contribution is 2.08. The van der Waals surface area contributed by atoms with Crippen LogP contribution in [0.5, 0.6) is 5.75 Å². The van der Waals surface area contributed by atoms with Crippen LogP contribution >= 0.6 is 0 Å². The van der Waals surface area contributed by atoms with Crippen LogP contribution in [0.2, 0.25) is 0 Å². The molecule has 1 aromatic carbocycles. The third kappa shape index (κ3) is 5.50. The normalized spacial score (nSPS) is 13.1. The van der Waals surface area contributed by atoms with Crippen molar-refractivity contribution in [3.8, 4) is 5.75 Å². The maximum Gasteiger partial charge on any atom is 0.331 e. The SMILES string of the molecule is CC(=CC(C)OCCOc1ccccc1)C(=O)O. The Kier molecular flexibility index (Phi) is 5.94. The Morgan fingerprint density at radius 1 is 1.33 bits per heavy atom. The van der Waals surface area contributed by atoms with Crippen LogP contribution in [0.3, 0.4) is 0 Å². The van der Waals surface area contributed by atoms with Crippen molar-refractivity contribution < 1.29 is 19.4 Å². The van der Waals surface area contributed by atoms with Gasteiger partial charge in [0.05, 0.1) is 12.7 Å². The third-order valence-corrected chi connectivity index (χ3v) is 2.30. The molecule has 1 rings (SSSR count). The van der Waals surface area contributed by atoms with E-state index in [0.29, 0.717) is 13.2 Å². The van der Waals surface area contributed by atoms with Gasteiger partial charge in [-0.3, -0.25) is 0 Å². The highest BCUT2D eigenvalue weighted by molar-refractivity contribution is 5.85. The van der Waals surface area contributed by atoms with E-state index in [4.69, 9.17) is 14.6 Å². The van der Waals surface area contributed by atoms with Crippen molar-refractivity contribution in [1.82, 2.24) is 0 Å². The van der Waals surface area contributed by atoms with E-state index in [2.05, 4.69) is 0 Å². The van der Waals surface area contributed by atoms with Crippen molar-refractivity contribution in [2.24, 2.45) is 0 Å². The van der Waals surface area contributed by atoms with Crippen LogP contribution in [-0.4, -0.2) is 30.4 Å². The van der Waals surface area contributed by atoms with Crippen molar-refractivity contribution in [2.45, 2.75) is 20.0 Å². The van der Waals surface area contributed by atoms with Gasteiger partial charge in [-0.15, -0.1) is 0 Å². The van der Waals surface area contributed by atoms with Gasteiger partial charge in [0.15, 0.2) is 0 Å². The maximum absolute atomic E-state index is 10.6. The number of hydrogen-bond acceptors (Lipinski definition) is 3. The van der Waals surface area contributed by atoms with Crippen molar-refractivity contribution in [3.63, 3.8) is 0 Å². The fraction of sp³-hybridized carbons (Fsp3) is 0.357. The molecule has 0 bridgehead atoms. The number of aliphatic carboxylic acids is 1. The summed E-state index contributed by atoms with van der Waals surface area (Å²) in [6.45, 7) is 4.20. The standard InChI is InChI=1S/C14H18O4/c1-11(14(15)16)10-12(2)17-8-9-18-13-6-4-3-5-7-13/h3-7,10,12H,8-9H2,1-2H3,(H,15,16). The summed E-state index contributed by atoms with van der Waals surface area (Å²) in [4.78, 5) is 10.6. The van der Waals surface area contributed by atoms with Crippen molar-refractivity contribution in [2.75, 3.05) is 13.2 Å². The predicted octanol–water partition coefficient (Wildman–Crippen LogP) is 2.50. The van der Waals surface area contributed by atoms with Crippen LogP contribution in [0, 0.1) is 0 Å². The molecule has 18 heavy (non-hydrogen) atoms. The van der Waals surface area contributed by atoms with Gasteiger partial charge in [0.1, 0.15) is 12.4 Å². The Bertz CT molecular complexity index is 398. The minimum atomic E-state index is -0.925. The molecular weight excluding hydrogens is 232 g/mol. The zero-order valence-electron chi connectivity index (χ0n) is 10.6. The molecular formula is C14H18O4. The molecule has 0 fully saturated rings. The smallest absolute Gasteiger partial charge is 0.331 e. The monoisotopic (exact) mass is 250 g/mol. The Balaban J connectivity index is 2.22. The molecule has 1 N–H and O–H groups in total. The van der Waals surface area contributed by atoms with Crippen LogP contribution in [0.25, 0.3) is 0 Å². The van der Waals surface area contributed by atoms with E-state index in [1.807, 2.05) is 30.3 Å².